The van der Waals surface area contributed by atoms with E-state index in [-0.39, 0.29) is 18.9 Å². The van der Waals surface area contributed by atoms with Crippen molar-refractivity contribution in [3.05, 3.63) is 23.4 Å². The van der Waals surface area contributed by atoms with Crippen molar-refractivity contribution in [2.75, 3.05) is 6.61 Å². The number of carboxylic acids is 1. The van der Waals surface area contributed by atoms with Crippen LogP contribution in [0.25, 0.3) is 0 Å². The van der Waals surface area contributed by atoms with E-state index < -0.39 is 47.4 Å². The molecule has 0 spiro atoms. The minimum Gasteiger partial charge on any atom is -0.478 e. The highest BCUT2D eigenvalue weighted by Crippen LogP contribution is 2.57. The highest BCUT2D eigenvalue weighted by molar-refractivity contribution is 5.87. The molecule has 1 aliphatic rings. The monoisotopic (exact) mass is 329 g/mol. The molecule has 10 heteroatoms. The first-order valence-electron chi connectivity index (χ1n) is 5.96. The van der Waals surface area contributed by atoms with Crippen LogP contribution >= 0.6 is 0 Å². The number of hydrogen-bond donors (Lipinski definition) is 1. The number of ether oxygens (including phenoxy) is 1. The van der Waals surface area contributed by atoms with E-state index in [1.807, 2.05) is 0 Å². The number of nitrogens with zero attached hydrogens (tertiary/aromatic N) is 1. The predicted octanol–water partition coefficient (Wildman–Crippen LogP) is 3.52. The van der Waals surface area contributed by atoms with Gasteiger partial charge in [0, 0.05) is 6.20 Å². The maximum absolute atomic E-state index is 12.8. The number of pyridine rings is 1. The molecule has 122 valence electrons. The van der Waals surface area contributed by atoms with Gasteiger partial charge in [-0.3, -0.25) is 0 Å². The van der Waals surface area contributed by atoms with Crippen LogP contribution in [-0.2, 0) is 6.18 Å². The average Bonchev–Trinajstić information content (AvgIpc) is 3.15. The Bertz CT molecular complexity index is 592. The summed E-state index contributed by atoms with van der Waals surface area (Å²) in [6, 6.07) is 0.276. The molecule has 0 saturated heterocycles. The molecule has 1 aromatic heterocycles. The molecular weight excluding hydrogens is 320 g/mol. The number of alkyl halides is 6. The molecule has 1 heterocycles. The second-order valence-electron chi connectivity index (χ2n) is 4.95. The van der Waals surface area contributed by atoms with Crippen LogP contribution in [0.1, 0.15) is 28.8 Å². The first kappa shape index (κ1) is 16.4. The second-order valence-corrected chi connectivity index (χ2v) is 4.95. The van der Waals surface area contributed by atoms with Gasteiger partial charge in [0.15, 0.2) is 0 Å². The second kappa shape index (κ2) is 5.03. The van der Waals surface area contributed by atoms with Gasteiger partial charge in [-0.25, -0.2) is 9.78 Å². The van der Waals surface area contributed by atoms with Gasteiger partial charge in [0.1, 0.15) is 17.6 Å². The normalized spacial score (nSPS) is 17.2. The lowest BCUT2D eigenvalue weighted by atomic mass is 10.1. The summed E-state index contributed by atoms with van der Waals surface area (Å²) < 4.78 is 81.2. The van der Waals surface area contributed by atoms with Crippen LogP contribution in [0.3, 0.4) is 0 Å². The lowest BCUT2D eigenvalue weighted by Gasteiger charge is -2.20. The third kappa shape index (κ3) is 3.09. The van der Waals surface area contributed by atoms with Crippen molar-refractivity contribution in [1.29, 1.82) is 0 Å². The van der Waals surface area contributed by atoms with E-state index >= 15 is 0 Å². The Balaban J connectivity index is 2.26. The van der Waals surface area contributed by atoms with Gasteiger partial charge < -0.3 is 9.84 Å². The number of hydrogen-bond acceptors (Lipinski definition) is 3. The molecule has 1 saturated carbocycles. The van der Waals surface area contributed by atoms with Crippen LogP contribution in [0.4, 0.5) is 26.3 Å². The highest BCUT2D eigenvalue weighted by Gasteiger charge is 2.64. The summed E-state index contributed by atoms with van der Waals surface area (Å²) >= 11 is 0. The third-order valence-electron chi connectivity index (χ3n) is 3.34. The van der Waals surface area contributed by atoms with E-state index in [2.05, 4.69) is 9.72 Å². The summed E-state index contributed by atoms with van der Waals surface area (Å²) in [7, 11) is 0. The topological polar surface area (TPSA) is 59.4 Å². The van der Waals surface area contributed by atoms with Crippen molar-refractivity contribution in [3.8, 4) is 5.88 Å². The number of aromatic nitrogens is 1. The van der Waals surface area contributed by atoms with Crippen molar-refractivity contribution in [2.45, 2.75) is 25.2 Å². The van der Waals surface area contributed by atoms with Crippen LogP contribution in [0.2, 0.25) is 0 Å². The zero-order valence-electron chi connectivity index (χ0n) is 10.8. The molecule has 4 nitrogen and oxygen atoms in total. The summed E-state index contributed by atoms with van der Waals surface area (Å²) in [4.78, 5) is 13.8. The van der Waals surface area contributed by atoms with Gasteiger partial charge in [-0.15, -0.1) is 0 Å². The van der Waals surface area contributed by atoms with Gasteiger partial charge in [0.2, 0.25) is 5.88 Å². The molecule has 22 heavy (non-hydrogen) atoms. The van der Waals surface area contributed by atoms with Gasteiger partial charge in [0.25, 0.3) is 0 Å². The van der Waals surface area contributed by atoms with Crippen LogP contribution in [0, 0.1) is 5.41 Å². The van der Waals surface area contributed by atoms with Crippen molar-refractivity contribution in [3.63, 3.8) is 0 Å². The zero-order valence-corrected chi connectivity index (χ0v) is 10.8. The maximum atomic E-state index is 12.8. The molecule has 0 atom stereocenters. The van der Waals surface area contributed by atoms with Crippen LogP contribution < -0.4 is 4.74 Å². The van der Waals surface area contributed by atoms with E-state index in [0.717, 1.165) is 0 Å². The zero-order chi connectivity index (χ0) is 16.8. The molecule has 1 aliphatic carbocycles. The number of carboxylic acid groups (broad SMARTS) is 1. The summed E-state index contributed by atoms with van der Waals surface area (Å²) in [5.74, 6) is -2.70. The summed E-state index contributed by atoms with van der Waals surface area (Å²) in [6.07, 6.45) is -9.44. The molecular formula is C12H9F6NO3. The first-order chi connectivity index (χ1) is 9.96. The number of rotatable bonds is 4. The quantitative estimate of drug-likeness (QED) is 0.859. The standard InChI is InChI=1S/C12H9F6NO3/c13-11(14,15)7-3-6(9(20)21)4-19-8(7)22-5-10(1-2-10)12(16,17)18/h3-4H,1-2,5H2,(H,20,21). The highest BCUT2D eigenvalue weighted by atomic mass is 19.4. The Morgan fingerprint density at radius 1 is 1.27 bits per heavy atom. The summed E-state index contributed by atoms with van der Waals surface area (Å²) in [5, 5.41) is 8.64. The molecule has 0 bridgehead atoms. The SMILES string of the molecule is O=C(O)c1cnc(OCC2(C(F)(F)F)CC2)c(C(F)(F)F)c1. The summed E-state index contributed by atoms with van der Waals surface area (Å²) in [6.45, 7) is -0.987. The maximum Gasteiger partial charge on any atom is 0.421 e. The number of aromatic carboxylic acids is 1. The molecule has 1 N–H and O–H groups in total. The van der Waals surface area contributed by atoms with E-state index in [1.165, 1.54) is 0 Å². The lowest BCUT2D eigenvalue weighted by molar-refractivity contribution is -0.195. The first-order valence-corrected chi connectivity index (χ1v) is 5.96. The molecule has 2 rings (SSSR count). The molecule has 0 radical (unpaired) electrons. The number of carbonyl (C=O) groups is 1. The van der Waals surface area contributed by atoms with E-state index in [0.29, 0.717) is 6.20 Å². The third-order valence-corrected chi connectivity index (χ3v) is 3.34. The van der Waals surface area contributed by atoms with Gasteiger partial charge in [-0.1, -0.05) is 0 Å². The fourth-order valence-corrected chi connectivity index (χ4v) is 1.75. The predicted molar refractivity (Wildman–Crippen MR) is 59.4 cm³/mol. The van der Waals surface area contributed by atoms with E-state index in [1.54, 1.807) is 0 Å². The van der Waals surface area contributed by atoms with Crippen LogP contribution in [0.5, 0.6) is 5.88 Å². The molecule has 0 aliphatic heterocycles. The smallest absolute Gasteiger partial charge is 0.421 e. The molecule has 0 amide bonds. The minimum atomic E-state index is -5.00. The van der Waals surface area contributed by atoms with E-state index in [4.69, 9.17) is 5.11 Å². The van der Waals surface area contributed by atoms with Crippen LogP contribution in [-0.4, -0.2) is 28.8 Å². The molecule has 0 aromatic carbocycles. The van der Waals surface area contributed by atoms with Crippen molar-refractivity contribution in [1.82, 2.24) is 4.98 Å². The Hall–Kier alpha value is -2.00. The Labute approximate surface area is 119 Å². The van der Waals surface area contributed by atoms with Gasteiger partial charge in [-0.2, -0.15) is 26.3 Å². The fourth-order valence-electron chi connectivity index (χ4n) is 1.75. The fraction of sp³-hybridized carbons (Fsp3) is 0.500. The Morgan fingerprint density at radius 2 is 1.86 bits per heavy atom. The number of halogens is 6. The minimum absolute atomic E-state index is 0.231. The van der Waals surface area contributed by atoms with Crippen LogP contribution in [0.15, 0.2) is 12.3 Å². The van der Waals surface area contributed by atoms with Crippen molar-refractivity contribution >= 4 is 5.97 Å². The Morgan fingerprint density at radius 3 is 2.27 bits per heavy atom. The Kier molecular flexibility index (Phi) is 3.74. The molecule has 0 unspecified atom stereocenters. The van der Waals surface area contributed by atoms with Gasteiger partial charge >= 0.3 is 18.3 Å². The van der Waals surface area contributed by atoms with Gasteiger partial charge in [-0.05, 0) is 18.9 Å². The van der Waals surface area contributed by atoms with Gasteiger partial charge in [0.05, 0.1) is 5.56 Å². The van der Waals surface area contributed by atoms with E-state index in [9.17, 15) is 31.1 Å². The summed E-state index contributed by atoms with van der Waals surface area (Å²) in [5.41, 5.74) is -4.41. The van der Waals surface area contributed by atoms with Crippen molar-refractivity contribution < 1.29 is 41.0 Å². The van der Waals surface area contributed by atoms with Crippen molar-refractivity contribution in [2.24, 2.45) is 5.41 Å². The molecule has 1 aromatic rings. The molecule has 1 fully saturated rings. The lowest BCUT2D eigenvalue weighted by Crippen LogP contribution is -2.31. The average molecular weight is 329 g/mol. The largest absolute Gasteiger partial charge is 0.478 e.